The summed E-state index contributed by atoms with van der Waals surface area (Å²) in [6, 6.07) is 4.08. The summed E-state index contributed by atoms with van der Waals surface area (Å²) in [6.45, 7) is 4.60. The highest BCUT2D eigenvalue weighted by Gasteiger charge is 2.37. The third-order valence-electron chi connectivity index (χ3n) is 3.29. The smallest absolute Gasteiger partial charge is 0.207 e. The number of benzene rings is 1. The molecule has 0 heterocycles. The van der Waals surface area contributed by atoms with E-state index in [1.54, 1.807) is 13.8 Å². The van der Waals surface area contributed by atoms with E-state index in [0.717, 1.165) is 12.1 Å². The highest BCUT2D eigenvalue weighted by atomic mass is 35.5. The molecule has 0 aliphatic rings. The highest BCUT2D eigenvalue weighted by molar-refractivity contribution is 7.89. The highest BCUT2D eigenvalue weighted by Crippen LogP contribution is 2.36. The topological polar surface area (TPSA) is 70.0 Å². The molecule has 1 aromatic carbocycles. The Kier molecular flexibility index (Phi) is 5.17. The van der Waals surface area contributed by atoms with E-state index in [-0.39, 0.29) is 5.92 Å². The quantitative estimate of drug-likeness (QED) is 0.898. The Labute approximate surface area is 131 Å². The summed E-state index contributed by atoms with van der Waals surface area (Å²) in [7, 11) is -4.31. The van der Waals surface area contributed by atoms with Crippen LogP contribution in [0.2, 0.25) is 5.02 Å². The van der Waals surface area contributed by atoms with Gasteiger partial charge in [0.05, 0.1) is 21.6 Å². The third kappa shape index (κ3) is 3.91. The van der Waals surface area contributed by atoms with Gasteiger partial charge < -0.3 is 0 Å². The molecule has 1 rings (SSSR count). The number of sulfonamides is 1. The second-order valence-corrected chi connectivity index (χ2v) is 7.30. The largest absolute Gasteiger partial charge is 0.417 e. The van der Waals surface area contributed by atoms with Crippen LogP contribution in [0.3, 0.4) is 0 Å². The van der Waals surface area contributed by atoms with E-state index in [0.29, 0.717) is 6.07 Å². The van der Waals surface area contributed by atoms with Crippen LogP contribution in [0.5, 0.6) is 0 Å². The second kappa shape index (κ2) is 6.07. The molecular weight excluding hydrogens is 341 g/mol. The predicted molar refractivity (Wildman–Crippen MR) is 75.6 cm³/mol. The fourth-order valence-electron chi connectivity index (χ4n) is 1.50. The number of hydrogen-bond donors (Lipinski definition) is 1. The van der Waals surface area contributed by atoms with E-state index in [1.165, 1.54) is 6.92 Å². The van der Waals surface area contributed by atoms with Crippen LogP contribution >= 0.6 is 11.6 Å². The molecule has 1 atom stereocenters. The molecule has 122 valence electrons. The molecule has 0 aliphatic carbocycles. The zero-order valence-electron chi connectivity index (χ0n) is 12.0. The van der Waals surface area contributed by atoms with Crippen molar-refractivity contribution in [3.8, 4) is 6.07 Å². The minimum Gasteiger partial charge on any atom is -0.207 e. The fraction of sp³-hybridized carbons (Fsp3) is 0.462. The summed E-state index contributed by atoms with van der Waals surface area (Å²) in [5.41, 5.74) is -2.70. The Morgan fingerprint density at radius 2 is 1.86 bits per heavy atom. The predicted octanol–water partition coefficient (Wildman–Crippen LogP) is 3.58. The molecule has 0 radical (unpaired) electrons. The van der Waals surface area contributed by atoms with Gasteiger partial charge in [0, 0.05) is 0 Å². The zero-order chi connectivity index (χ0) is 17.3. The van der Waals surface area contributed by atoms with Crippen LogP contribution in [0, 0.1) is 17.2 Å². The first-order valence-corrected chi connectivity index (χ1v) is 8.01. The lowest BCUT2D eigenvalue weighted by Crippen LogP contribution is -2.48. The molecular formula is C13H14ClF3N2O2S. The van der Waals surface area contributed by atoms with E-state index in [1.807, 2.05) is 6.07 Å². The summed E-state index contributed by atoms with van der Waals surface area (Å²) >= 11 is 5.45. The lowest BCUT2D eigenvalue weighted by molar-refractivity contribution is -0.137. The Hall–Kier alpha value is -1.30. The number of nitrogens with one attached hydrogen (secondary N) is 1. The van der Waals surface area contributed by atoms with Crippen LogP contribution < -0.4 is 4.72 Å². The molecule has 0 unspecified atom stereocenters. The normalized spacial score (nSPS) is 15.4. The van der Waals surface area contributed by atoms with Gasteiger partial charge in [-0.05, 0) is 31.0 Å². The number of rotatable bonds is 4. The first-order chi connectivity index (χ1) is 9.83. The van der Waals surface area contributed by atoms with Crippen molar-refractivity contribution in [2.45, 2.75) is 37.4 Å². The van der Waals surface area contributed by atoms with Crippen LogP contribution in [0.15, 0.2) is 23.1 Å². The molecule has 0 aromatic heterocycles. The molecule has 0 aliphatic heterocycles. The molecule has 4 nitrogen and oxygen atoms in total. The van der Waals surface area contributed by atoms with Crippen molar-refractivity contribution in [2.75, 3.05) is 0 Å². The molecule has 9 heteroatoms. The summed E-state index contributed by atoms with van der Waals surface area (Å²) in [5.74, 6) is -0.387. The minimum absolute atomic E-state index is 0.387. The average molecular weight is 355 g/mol. The van der Waals surface area contributed by atoms with Gasteiger partial charge in [-0.25, -0.2) is 8.42 Å². The summed E-state index contributed by atoms with van der Waals surface area (Å²) < 4.78 is 65.0. The van der Waals surface area contributed by atoms with Gasteiger partial charge in [0.1, 0.15) is 5.54 Å². The Morgan fingerprint density at radius 1 is 1.32 bits per heavy atom. The number of halogens is 4. The molecule has 0 fully saturated rings. The maximum Gasteiger partial charge on any atom is 0.417 e. The summed E-state index contributed by atoms with van der Waals surface area (Å²) in [4.78, 5) is -0.605. The van der Waals surface area contributed by atoms with Crippen LogP contribution in [-0.2, 0) is 16.2 Å². The van der Waals surface area contributed by atoms with Gasteiger partial charge in [-0.2, -0.15) is 23.2 Å². The number of nitrogens with zero attached hydrogens (tertiary/aromatic N) is 1. The van der Waals surface area contributed by atoms with Crippen molar-refractivity contribution in [1.29, 1.82) is 5.26 Å². The van der Waals surface area contributed by atoms with Crippen molar-refractivity contribution in [2.24, 2.45) is 5.92 Å². The monoisotopic (exact) mass is 354 g/mol. The van der Waals surface area contributed by atoms with Crippen LogP contribution in [0.25, 0.3) is 0 Å². The first kappa shape index (κ1) is 18.7. The minimum atomic E-state index is -4.78. The van der Waals surface area contributed by atoms with Crippen molar-refractivity contribution in [3.05, 3.63) is 28.8 Å². The standard InChI is InChI=1S/C13H14ClF3N2O2S/c1-8(2)12(3,7-18)19-22(20,21)9-4-5-11(14)10(6-9)13(15,16)17/h4-6,8,19H,1-3H3/t12-/m0/s1. The van der Waals surface area contributed by atoms with Gasteiger partial charge in [0.15, 0.2) is 0 Å². The maximum atomic E-state index is 12.8. The Bertz CT molecular complexity index is 711. The third-order valence-corrected chi connectivity index (χ3v) is 5.18. The first-order valence-electron chi connectivity index (χ1n) is 6.15. The zero-order valence-corrected chi connectivity index (χ0v) is 13.6. The van der Waals surface area contributed by atoms with Crippen molar-refractivity contribution < 1.29 is 21.6 Å². The summed E-state index contributed by atoms with van der Waals surface area (Å²) in [6.07, 6.45) is -4.78. The average Bonchev–Trinajstić information content (AvgIpc) is 2.36. The van der Waals surface area contributed by atoms with Crippen molar-refractivity contribution in [1.82, 2.24) is 4.72 Å². The molecule has 22 heavy (non-hydrogen) atoms. The molecule has 0 bridgehead atoms. The molecule has 0 saturated carbocycles. The van der Waals surface area contributed by atoms with Gasteiger partial charge in [-0.3, -0.25) is 0 Å². The van der Waals surface area contributed by atoms with Crippen LogP contribution in [-0.4, -0.2) is 14.0 Å². The van der Waals surface area contributed by atoms with Gasteiger partial charge in [0.25, 0.3) is 0 Å². The molecule has 0 spiro atoms. The number of nitriles is 1. The number of alkyl halides is 3. The van der Waals surface area contributed by atoms with E-state index in [2.05, 4.69) is 4.72 Å². The lowest BCUT2D eigenvalue weighted by atomic mass is 9.92. The van der Waals surface area contributed by atoms with E-state index >= 15 is 0 Å². The van der Waals surface area contributed by atoms with Gasteiger partial charge >= 0.3 is 6.18 Å². The molecule has 1 N–H and O–H groups in total. The lowest BCUT2D eigenvalue weighted by Gasteiger charge is -2.27. The Balaban J connectivity index is 3.34. The van der Waals surface area contributed by atoms with Crippen LogP contribution in [0.4, 0.5) is 13.2 Å². The van der Waals surface area contributed by atoms with Gasteiger partial charge in [-0.15, -0.1) is 0 Å². The van der Waals surface area contributed by atoms with E-state index in [9.17, 15) is 21.6 Å². The summed E-state index contributed by atoms with van der Waals surface area (Å²) in [5, 5.41) is 8.52. The van der Waals surface area contributed by atoms with Gasteiger partial charge in [-0.1, -0.05) is 25.4 Å². The Morgan fingerprint density at radius 3 is 2.27 bits per heavy atom. The molecule has 1 aromatic rings. The molecule has 0 amide bonds. The van der Waals surface area contributed by atoms with E-state index in [4.69, 9.17) is 16.9 Å². The van der Waals surface area contributed by atoms with Gasteiger partial charge in [0.2, 0.25) is 10.0 Å². The second-order valence-electron chi connectivity index (χ2n) is 5.21. The molecule has 0 saturated heterocycles. The van der Waals surface area contributed by atoms with Crippen molar-refractivity contribution >= 4 is 21.6 Å². The maximum absolute atomic E-state index is 12.8. The van der Waals surface area contributed by atoms with Crippen LogP contribution in [0.1, 0.15) is 26.3 Å². The van der Waals surface area contributed by atoms with Crippen molar-refractivity contribution in [3.63, 3.8) is 0 Å². The number of hydrogen-bond acceptors (Lipinski definition) is 3. The SMILES string of the molecule is CC(C)[C@](C)(C#N)NS(=O)(=O)c1ccc(Cl)c(C(F)(F)F)c1. The fourth-order valence-corrected chi connectivity index (χ4v) is 3.20. The van der Waals surface area contributed by atoms with E-state index < -0.39 is 37.2 Å².